The van der Waals surface area contributed by atoms with Crippen LogP contribution in [0.15, 0.2) is 30.3 Å². The molecule has 0 radical (unpaired) electrons. The van der Waals surface area contributed by atoms with Crippen LogP contribution in [0, 0.1) is 0 Å². The molecule has 4 heteroatoms. The fraction of sp³-hybridized carbons (Fsp3) is 0.143. The van der Waals surface area contributed by atoms with Crippen molar-refractivity contribution in [3.05, 3.63) is 35.9 Å². The minimum Gasteiger partial charge on any atom is -1.00 e. The largest absolute Gasteiger partial charge is 2.00 e. The fourth-order valence-electron chi connectivity index (χ4n) is 0.583. The first-order valence-electron chi connectivity index (χ1n) is 2.58. The zero-order chi connectivity index (χ0) is 5.82. The van der Waals surface area contributed by atoms with E-state index in [1.807, 2.05) is 30.3 Å². The molecule has 11 heavy (non-hydrogen) atoms. The van der Waals surface area contributed by atoms with Crippen molar-refractivity contribution in [1.29, 1.82) is 0 Å². The van der Waals surface area contributed by atoms with E-state index in [4.69, 9.17) is 5.11 Å². The van der Waals surface area contributed by atoms with Gasteiger partial charge >= 0.3 is 21.7 Å². The summed E-state index contributed by atoms with van der Waals surface area (Å²) in [7, 11) is 0. The SMILES string of the molecule is OCc1ccccc1.[Cl-].[Cl-].[Ti+2]. The first-order chi connectivity index (χ1) is 3.93. The Hall–Kier alpha value is 0.474. The van der Waals surface area contributed by atoms with Crippen LogP contribution in [-0.4, -0.2) is 5.11 Å². The van der Waals surface area contributed by atoms with Crippen LogP contribution in [0.5, 0.6) is 0 Å². The maximum Gasteiger partial charge on any atom is 2.00 e. The second kappa shape index (κ2) is 10.5. The Bertz CT molecular complexity index is 158. The summed E-state index contributed by atoms with van der Waals surface area (Å²) in [6, 6.07) is 9.52. The predicted octanol–water partition coefficient (Wildman–Crippen LogP) is -4.82. The molecular formula is C7H8Cl2OTi. The smallest absolute Gasteiger partial charge is 1.00 e. The van der Waals surface area contributed by atoms with E-state index in [0.29, 0.717) is 0 Å². The number of benzene rings is 1. The van der Waals surface area contributed by atoms with E-state index in [1.165, 1.54) is 0 Å². The number of hydrogen-bond donors (Lipinski definition) is 1. The van der Waals surface area contributed by atoms with Crippen molar-refractivity contribution in [2.24, 2.45) is 0 Å². The molecule has 1 N–H and O–H groups in total. The molecule has 1 rings (SSSR count). The van der Waals surface area contributed by atoms with Gasteiger partial charge in [0.05, 0.1) is 6.61 Å². The molecule has 60 valence electrons. The van der Waals surface area contributed by atoms with Gasteiger partial charge in [-0.2, -0.15) is 0 Å². The molecule has 0 aliphatic heterocycles. The molecule has 1 aromatic rings. The van der Waals surface area contributed by atoms with Crippen molar-refractivity contribution < 1.29 is 51.6 Å². The predicted molar refractivity (Wildman–Crippen MR) is 32.4 cm³/mol. The van der Waals surface area contributed by atoms with E-state index in [0.717, 1.165) is 5.56 Å². The van der Waals surface area contributed by atoms with Gasteiger partial charge in [0.2, 0.25) is 0 Å². The van der Waals surface area contributed by atoms with Crippen LogP contribution in [0.1, 0.15) is 5.56 Å². The minimum atomic E-state index is 0. The van der Waals surface area contributed by atoms with Gasteiger partial charge in [-0.15, -0.1) is 0 Å². The summed E-state index contributed by atoms with van der Waals surface area (Å²) < 4.78 is 0. The Labute approximate surface area is 93.9 Å². The molecule has 0 spiro atoms. The molecule has 0 heterocycles. The minimum absolute atomic E-state index is 0. The molecule has 1 aromatic carbocycles. The van der Waals surface area contributed by atoms with E-state index in [-0.39, 0.29) is 53.1 Å². The number of aliphatic hydroxyl groups is 1. The average Bonchev–Trinajstić information content (AvgIpc) is 1.90. The zero-order valence-corrected chi connectivity index (χ0v) is 8.87. The van der Waals surface area contributed by atoms with Crippen molar-refractivity contribution in [2.75, 3.05) is 0 Å². The van der Waals surface area contributed by atoms with E-state index in [9.17, 15) is 0 Å². The van der Waals surface area contributed by atoms with Gasteiger partial charge in [-0.1, -0.05) is 30.3 Å². The molecule has 0 amide bonds. The fourth-order valence-corrected chi connectivity index (χ4v) is 0.583. The molecule has 1 nitrogen and oxygen atoms in total. The maximum absolute atomic E-state index is 8.54. The molecule has 0 fully saturated rings. The van der Waals surface area contributed by atoms with Crippen LogP contribution >= 0.6 is 0 Å². The summed E-state index contributed by atoms with van der Waals surface area (Å²) in [6.07, 6.45) is 0. The van der Waals surface area contributed by atoms with Crippen molar-refractivity contribution >= 4 is 0 Å². The van der Waals surface area contributed by atoms with Crippen LogP contribution in [-0.2, 0) is 28.3 Å². The van der Waals surface area contributed by atoms with Gasteiger partial charge < -0.3 is 29.9 Å². The Balaban J connectivity index is -0.000000213. The normalized spacial score (nSPS) is 6.64. The van der Waals surface area contributed by atoms with E-state index in [2.05, 4.69) is 0 Å². The summed E-state index contributed by atoms with van der Waals surface area (Å²) in [6.45, 7) is 0.140. The third-order valence-corrected chi connectivity index (χ3v) is 1.03. The van der Waals surface area contributed by atoms with Crippen molar-refractivity contribution in [3.8, 4) is 0 Å². The number of hydrogen-bond acceptors (Lipinski definition) is 1. The van der Waals surface area contributed by atoms with Gasteiger partial charge in [0.15, 0.2) is 0 Å². The van der Waals surface area contributed by atoms with E-state index >= 15 is 0 Å². The quantitative estimate of drug-likeness (QED) is 0.477. The van der Waals surface area contributed by atoms with Gasteiger partial charge in [0, 0.05) is 0 Å². The second-order valence-electron chi connectivity index (χ2n) is 1.64. The van der Waals surface area contributed by atoms with Crippen LogP contribution in [0.2, 0.25) is 0 Å². The Kier molecular flexibility index (Phi) is 16.7. The van der Waals surface area contributed by atoms with Crippen LogP contribution in [0.3, 0.4) is 0 Å². The molecule has 0 atom stereocenters. The Morgan fingerprint density at radius 2 is 1.45 bits per heavy atom. The summed E-state index contributed by atoms with van der Waals surface area (Å²) in [4.78, 5) is 0. The molecule has 0 unspecified atom stereocenters. The van der Waals surface area contributed by atoms with E-state index < -0.39 is 0 Å². The Morgan fingerprint density at radius 3 is 1.73 bits per heavy atom. The van der Waals surface area contributed by atoms with Crippen molar-refractivity contribution in [1.82, 2.24) is 0 Å². The number of rotatable bonds is 1. The van der Waals surface area contributed by atoms with E-state index in [1.54, 1.807) is 0 Å². The van der Waals surface area contributed by atoms with Gasteiger partial charge in [-0.25, -0.2) is 0 Å². The second-order valence-corrected chi connectivity index (χ2v) is 1.64. The summed E-state index contributed by atoms with van der Waals surface area (Å²) in [5, 5.41) is 8.54. The van der Waals surface area contributed by atoms with Crippen LogP contribution in [0.25, 0.3) is 0 Å². The molecule has 0 aliphatic rings. The van der Waals surface area contributed by atoms with Gasteiger partial charge in [0.25, 0.3) is 0 Å². The van der Waals surface area contributed by atoms with Crippen LogP contribution < -0.4 is 24.8 Å². The molecule has 0 aromatic heterocycles. The molecule has 0 aliphatic carbocycles. The first-order valence-corrected chi connectivity index (χ1v) is 2.58. The molecular weight excluding hydrogens is 219 g/mol. The standard InChI is InChI=1S/C7H8O.2ClH.Ti/c8-6-7-4-2-1-3-5-7;;;/h1-5,8H,6H2;2*1H;/q;;;+2/p-2. The summed E-state index contributed by atoms with van der Waals surface area (Å²) in [5.74, 6) is 0. The first kappa shape index (κ1) is 17.5. The monoisotopic (exact) mass is 226 g/mol. The average molecular weight is 227 g/mol. The molecule has 0 bridgehead atoms. The van der Waals surface area contributed by atoms with Crippen molar-refractivity contribution in [2.45, 2.75) is 6.61 Å². The van der Waals surface area contributed by atoms with Crippen LogP contribution in [0.4, 0.5) is 0 Å². The number of aliphatic hydroxyl groups excluding tert-OH is 1. The third-order valence-electron chi connectivity index (χ3n) is 1.03. The summed E-state index contributed by atoms with van der Waals surface area (Å²) in [5.41, 5.74) is 0.965. The van der Waals surface area contributed by atoms with Gasteiger partial charge in [-0.3, -0.25) is 0 Å². The third kappa shape index (κ3) is 6.86. The topological polar surface area (TPSA) is 20.2 Å². The molecule has 0 saturated carbocycles. The van der Waals surface area contributed by atoms with Gasteiger partial charge in [0.1, 0.15) is 0 Å². The van der Waals surface area contributed by atoms with Gasteiger partial charge in [-0.05, 0) is 5.56 Å². The zero-order valence-electron chi connectivity index (χ0n) is 5.80. The molecule has 0 saturated heterocycles. The Morgan fingerprint density at radius 1 is 1.00 bits per heavy atom. The summed E-state index contributed by atoms with van der Waals surface area (Å²) >= 11 is 0. The number of halogens is 2. The maximum atomic E-state index is 8.54. The van der Waals surface area contributed by atoms with Crippen molar-refractivity contribution in [3.63, 3.8) is 0 Å².